The standard InChI is InChI=1S/C15H13FNO2S/c1-11-6-8-14(9-7-11)20(18,19)15(17-2)12-4-3-5-13(16)10-12/h2-10,15H,1H3/q+1/t15-/m0/s1. The van der Waals surface area contributed by atoms with Gasteiger partial charge in [0, 0.05) is 0 Å². The highest BCUT2D eigenvalue weighted by molar-refractivity contribution is 7.91. The van der Waals surface area contributed by atoms with E-state index in [9.17, 15) is 12.8 Å². The molecule has 0 spiro atoms. The van der Waals surface area contributed by atoms with Crippen LogP contribution in [0.15, 0.2) is 53.4 Å². The van der Waals surface area contributed by atoms with Gasteiger partial charge in [-0.25, -0.2) is 12.8 Å². The molecule has 3 nitrogen and oxygen atoms in total. The minimum atomic E-state index is -3.80. The van der Waals surface area contributed by atoms with Crippen LogP contribution in [0.5, 0.6) is 0 Å². The molecule has 0 saturated carbocycles. The van der Waals surface area contributed by atoms with Gasteiger partial charge in [-0.3, -0.25) is 0 Å². The normalized spacial score (nSPS) is 12.7. The molecule has 0 radical (unpaired) electrons. The molecule has 5 heteroatoms. The topological polar surface area (TPSA) is 38.5 Å². The Hall–Kier alpha value is -2.19. The van der Waals surface area contributed by atoms with Crippen LogP contribution >= 0.6 is 0 Å². The molecular formula is C15H13FNO2S+. The first-order chi connectivity index (χ1) is 9.45. The van der Waals surface area contributed by atoms with Crippen molar-refractivity contribution in [2.24, 2.45) is 0 Å². The Morgan fingerprint density at radius 1 is 1.15 bits per heavy atom. The maximum Gasteiger partial charge on any atom is 0.398 e. The van der Waals surface area contributed by atoms with Crippen molar-refractivity contribution in [3.8, 4) is 6.57 Å². The van der Waals surface area contributed by atoms with Crippen molar-refractivity contribution in [2.45, 2.75) is 17.2 Å². The van der Waals surface area contributed by atoms with E-state index in [1.165, 1.54) is 30.3 Å². The van der Waals surface area contributed by atoms with Gasteiger partial charge in [0.05, 0.1) is 10.5 Å². The fourth-order valence-corrected chi connectivity index (χ4v) is 3.30. The van der Waals surface area contributed by atoms with Crippen molar-refractivity contribution < 1.29 is 12.8 Å². The van der Waals surface area contributed by atoms with Crippen molar-refractivity contribution in [3.63, 3.8) is 0 Å². The molecule has 102 valence electrons. The van der Waals surface area contributed by atoms with Crippen LogP contribution in [0, 0.1) is 19.3 Å². The van der Waals surface area contributed by atoms with E-state index in [0.29, 0.717) is 0 Å². The average molecular weight is 290 g/mol. The van der Waals surface area contributed by atoms with Gasteiger partial charge in [-0.1, -0.05) is 28.6 Å². The van der Waals surface area contributed by atoms with Crippen molar-refractivity contribution >= 4 is 9.84 Å². The highest BCUT2D eigenvalue weighted by Gasteiger charge is 2.37. The van der Waals surface area contributed by atoms with Crippen LogP contribution in [0.2, 0.25) is 0 Å². The predicted molar refractivity (Wildman–Crippen MR) is 75.8 cm³/mol. The van der Waals surface area contributed by atoms with Crippen molar-refractivity contribution in [3.05, 3.63) is 70.3 Å². The molecule has 0 unspecified atom stereocenters. The smallest absolute Gasteiger partial charge is 0.215 e. The first kappa shape index (κ1) is 14.2. The Labute approximate surface area is 117 Å². The zero-order chi connectivity index (χ0) is 14.8. The summed E-state index contributed by atoms with van der Waals surface area (Å²) in [6, 6.07) is 11.6. The zero-order valence-electron chi connectivity index (χ0n) is 10.8. The molecule has 2 aromatic carbocycles. The van der Waals surface area contributed by atoms with Gasteiger partial charge >= 0.3 is 5.37 Å². The van der Waals surface area contributed by atoms with Crippen LogP contribution in [0.3, 0.4) is 0 Å². The van der Waals surface area contributed by atoms with E-state index in [1.54, 1.807) is 12.1 Å². The van der Waals surface area contributed by atoms with Gasteiger partial charge in [-0.2, -0.15) is 0 Å². The molecule has 0 fully saturated rings. The fraction of sp³-hybridized carbons (Fsp3) is 0.133. The van der Waals surface area contributed by atoms with Gasteiger partial charge < -0.3 is 0 Å². The Morgan fingerprint density at radius 3 is 2.35 bits per heavy atom. The summed E-state index contributed by atoms with van der Waals surface area (Å²) in [6.07, 6.45) is 0. The van der Waals surface area contributed by atoms with Gasteiger partial charge in [-0.15, -0.1) is 0 Å². The molecule has 0 aliphatic heterocycles. The minimum Gasteiger partial charge on any atom is -0.215 e. The number of benzene rings is 2. The molecule has 0 aliphatic carbocycles. The summed E-state index contributed by atoms with van der Waals surface area (Å²) in [7, 11) is -3.80. The van der Waals surface area contributed by atoms with Gasteiger partial charge in [0.25, 0.3) is 16.4 Å². The molecule has 0 saturated heterocycles. The molecule has 0 aliphatic rings. The van der Waals surface area contributed by atoms with Crippen molar-refractivity contribution in [1.82, 2.24) is 0 Å². The van der Waals surface area contributed by atoms with Crippen LogP contribution in [0.25, 0.3) is 4.85 Å². The van der Waals surface area contributed by atoms with E-state index < -0.39 is 21.0 Å². The summed E-state index contributed by atoms with van der Waals surface area (Å²) < 4.78 is 38.2. The van der Waals surface area contributed by atoms with Crippen LogP contribution in [-0.4, -0.2) is 8.42 Å². The lowest BCUT2D eigenvalue weighted by atomic mass is 10.2. The lowest BCUT2D eigenvalue weighted by Gasteiger charge is -2.05. The van der Waals surface area contributed by atoms with Crippen LogP contribution in [0.4, 0.5) is 4.39 Å². The van der Waals surface area contributed by atoms with Gasteiger partial charge in [0.2, 0.25) is 0 Å². The molecule has 0 N–H and O–H groups in total. The molecule has 0 amide bonds. The number of hydrogen-bond acceptors (Lipinski definition) is 2. The third-order valence-electron chi connectivity index (χ3n) is 2.91. The fourth-order valence-electron chi connectivity index (χ4n) is 1.86. The van der Waals surface area contributed by atoms with Crippen molar-refractivity contribution in [2.75, 3.05) is 0 Å². The number of aryl methyl sites for hydroxylation is 1. The first-order valence-corrected chi connectivity index (χ1v) is 7.46. The summed E-state index contributed by atoms with van der Waals surface area (Å²) in [5, 5.41) is -1.32. The average Bonchev–Trinajstić information content (AvgIpc) is 2.40. The SMILES string of the molecule is C#[N+][C@H](c1cccc(F)c1)S(=O)(=O)c1ccc(C)cc1. The molecule has 20 heavy (non-hydrogen) atoms. The predicted octanol–water partition coefficient (Wildman–Crippen LogP) is 3.57. The second kappa shape index (κ2) is 5.43. The molecule has 2 aromatic rings. The van der Waals surface area contributed by atoms with E-state index >= 15 is 0 Å². The van der Waals surface area contributed by atoms with E-state index in [-0.39, 0.29) is 10.5 Å². The summed E-state index contributed by atoms with van der Waals surface area (Å²) in [4.78, 5) is 3.52. The Kier molecular flexibility index (Phi) is 3.86. The number of nitrogens with zero attached hydrogens (tertiary/aromatic N) is 1. The lowest BCUT2D eigenvalue weighted by molar-refractivity contribution is 0.589. The van der Waals surface area contributed by atoms with E-state index in [4.69, 9.17) is 6.57 Å². The third-order valence-corrected chi connectivity index (χ3v) is 4.82. The molecule has 0 aromatic heterocycles. The zero-order valence-corrected chi connectivity index (χ0v) is 11.6. The van der Waals surface area contributed by atoms with Gasteiger partial charge in [0.15, 0.2) is 0 Å². The number of rotatable bonds is 3. The van der Waals surface area contributed by atoms with E-state index in [2.05, 4.69) is 4.85 Å². The quantitative estimate of drug-likeness (QED) is 0.866. The Bertz CT molecular complexity index is 761. The summed E-state index contributed by atoms with van der Waals surface area (Å²) in [5.74, 6) is -0.532. The summed E-state index contributed by atoms with van der Waals surface area (Å²) >= 11 is 0. The third kappa shape index (κ3) is 2.70. The van der Waals surface area contributed by atoms with E-state index in [0.717, 1.165) is 11.6 Å². The van der Waals surface area contributed by atoms with Crippen LogP contribution in [-0.2, 0) is 9.84 Å². The molecule has 0 heterocycles. The maximum absolute atomic E-state index is 13.2. The highest BCUT2D eigenvalue weighted by atomic mass is 32.2. The second-order valence-electron chi connectivity index (χ2n) is 4.41. The monoisotopic (exact) mass is 290 g/mol. The van der Waals surface area contributed by atoms with Crippen LogP contribution in [0.1, 0.15) is 16.5 Å². The van der Waals surface area contributed by atoms with Gasteiger partial charge in [0.1, 0.15) is 5.82 Å². The second-order valence-corrected chi connectivity index (χ2v) is 6.42. The number of halogens is 1. The minimum absolute atomic E-state index is 0.103. The van der Waals surface area contributed by atoms with Gasteiger partial charge in [-0.05, 0) is 37.3 Å². The van der Waals surface area contributed by atoms with E-state index in [1.807, 2.05) is 6.92 Å². The summed E-state index contributed by atoms with van der Waals surface area (Å²) in [6.45, 7) is 7.09. The Balaban J connectivity index is 2.51. The lowest BCUT2D eigenvalue weighted by Crippen LogP contribution is -2.11. The summed E-state index contributed by atoms with van der Waals surface area (Å²) in [5.41, 5.74) is 1.14. The Morgan fingerprint density at radius 2 is 1.80 bits per heavy atom. The number of sulfone groups is 1. The largest absolute Gasteiger partial charge is 0.398 e. The molecule has 1 atom stereocenters. The molecular weight excluding hydrogens is 277 g/mol. The highest BCUT2D eigenvalue weighted by Crippen LogP contribution is 2.30. The van der Waals surface area contributed by atoms with Crippen LogP contribution < -0.4 is 0 Å². The maximum atomic E-state index is 13.2. The first-order valence-electron chi connectivity index (χ1n) is 5.91. The molecule has 0 bridgehead atoms. The molecule has 2 rings (SSSR count). The number of hydrogen-bond donors (Lipinski definition) is 0. The van der Waals surface area contributed by atoms with Crippen molar-refractivity contribution in [1.29, 1.82) is 0 Å².